The molecule has 0 fully saturated rings. The second-order valence-corrected chi connectivity index (χ2v) is 7.78. The van der Waals surface area contributed by atoms with Gasteiger partial charge in [-0.05, 0) is 54.9 Å². The molecular weight excluding hydrogens is 352 g/mol. The Labute approximate surface area is 168 Å². The maximum absolute atomic E-state index is 11.4. The number of benzene rings is 2. The molecule has 0 radical (unpaired) electrons. The van der Waals surface area contributed by atoms with E-state index < -0.39 is 5.60 Å². The van der Waals surface area contributed by atoms with Gasteiger partial charge in [0.25, 0.3) is 0 Å². The molecule has 0 aliphatic carbocycles. The lowest BCUT2D eigenvalue weighted by atomic mass is 9.80. The molecule has 1 aliphatic rings. The van der Waals surface area contributed by atoms with Crippen LogP contribution in [0.4, 0.5) is 0 Å². The van der Waals surface area contributed by atoms with Gasteiger partial charge >= 0.3 is 0 Å². The van der Waals surface area contributed by atoms with Gasteiger partial charge in [0.1, 0.15) is 24.7 Å². The van der Waals surface area contributed by atoms with Crippen molar-refractivity contribution in [2.75, 3.05) is 26.4 Å². The molecule has 0 saturated heterocycles. The SMILES string of the molecule is CC(C)C1(O)CCc2ccccc2OCCOCCOc2ccccc2CC1. The highest BCUT2D eigenvalue weighted by Crippen LogP contribution is 2.32. The van der Waals surface area contributed by atoms with Crippen molar-refractivity contribution in [2.45, 2.75) is 45.1 Å². The average Bonchev–Trinajstić information content (AvgIpc) is 2.70. The van der Waals surface area contributed by atoms with Crippen LogP contribution in [0.5, 0.6) is 11.5 Å². The maximum Gasteiger partial charge on any atom is 0.122 e. The Bertz CT molecular complexity index is 685. The Kier molecular flexibility index (Phi) is 7.35. The maximum atomic E-state index is 11.4. The fourth-order valence-corrected chi connectivity index (χ4v) is 3.63. The molecule has 0 amide bonds. The van der Waals surface area contributed by atoms with Gasteiger partial charge in [-0.15, -0.1) is 0 Å². The molecule has 1 heterocycles. The number of aryl methyl sites for hydroxylation is 2. The molecule has 0 bridgehead atoms. The topological polar surface area (TPSA) is 47.9 Å². The minimum atomic E-state index is -0.736. The van der Waals surface area contributed by atoms with Crippen molar-refractivity contribution < 1.29 is 19.3 Å². The fraction of sp³-hybridized carbons (Fsp3) is 0.500. The molecule has 1 aliphatic heterocycles. The Morgan fingerprint density at radius 3 is 1.68 bits per heavy atom. The highest BCUT2D eigenvalue weighted by Gasteiger charge is 2.31. The summed E-state index contributed by atoms with van der Waals surface area (Å²) in [7, 11) is 0. The number of para-hydroxylation sites is 2. The predicted molar refractivity (Wildman–Crippen MR) is 111 cm³/mol. The first-order chi connectivity index (χ1) is 13.6. The molecule has 28 heavy (non-hydrogen) atoms. The Balaban J connectivity index is 1.81. The van der Waals surface area contributed by atoms with Crippen LogP contribution in [-0.4, -0.2) is 37.1 Å². The highest BCUT2D eigenvalue weighted by molar-refractivity contribution is 5.34. The minimum absolute atomic E-state index is 0.168. The summed E-state index contributed by atoms with van der Waals surface area (Å²) in [4.78, 5) is 0. The standard InChI is InChI=1S/C24H32O4/c1-19(2)24(25)13-11-20-7-3-5-9-22(20)27-17-15-26-16-18-28-23-10-6-4-8-21(23)12-14-24/h3-10,19,25H,11-18H2,1-2H3. The smallest absolute Gasteiger partial charge is 0.122 e. The highest BCUT2D eigenvalue weighted by atomic mass is 16.5. The zero-order valence-electron chi connectivity index (χ0n) is 17.0. The normalized spacial score (nSPS) is 18.4. The monoisotopic (exact) mass is 384 g/mol. The molecule has 3 rings (SSSR count). The fourth-order valence-electron chi connectivity index (χ4n) is 3.63. The van der Waals surface area contributed by atoms with Crippen molar-refractivity contribution in [3.8, 4) is 11.5 Å². The zero-order chi connectivity index (χ0) is 19.8. The minimum Gasteiger partial charge on any atom is -0.491 e. The van der Waals surface area contributed by atoms with E-state index in [0.29, 0.717) is 39.3 Å². The van der Waals surface area contributed by atoms with Crippen LogP contribution in [0.15, 0.2) is 48.5 Å². The van der Waals surface area contributed by atoms with Gasteiger partial charge in [-0.1, -0.05) is 50.2 Å². The van der Waals surface area contributed by atoms with Gasteiger partial charge in [-0.2, -0.15) is 0 Å². The van der Waals surface area contributed by atoms with Gasteiger partial charge in [-0.25, -0.2) is 0 Å². The molecule has 0 saturated carbocycles. The van der Waals surface area contributed by atoms with Crippen LogP contribution >= 0.6 is 0 Å². The van der Waals surface area contributed by atoms with Crippen LogP contribution in [0, 0.1) is 5.92 Å². The van der Waals surface area contributed by atoms with E-state index in [1.54, 1.807) is 0 Å². The van der Waals surface area contributed by atoms with Crippen molar-refractivity contribution in [2.24, 2.45) is 5.92 Å². The summed E-state index contributed by atoms with van der Waals surface area (Å²) in [5.74, 6) is 1.93. The Hall–Kier alpha value is -2.04. The molecular formula is C24H32O4. The van der Waals surface area contributed by atoms with E-state index in [-0.39, 0.29) is 5.92 Å². The van der Waals surface area contributed by atoms with E-state index in [2.05, 4.69) is 26.0 Å². The molecule has 1 N–H and O–H groups in total. The van der Waals surface area contributed by atoms with E-state index in [9.17, 15) is 5.11 Å². The van der Waals surface area contributed by atoms with Gasteiger partial charge < -0.3 is 19.3 Å². The lowest BCUT2D eigenvalue weighted by Crippen LogP contribution is -2.36. The summed E-state index contributed by atoms with van der Waals surface area (Å²) in [6.07, 6.45) is 2.96. The zero-order valence-corrected chi connectivity index (χ0v) is 17.0. The van der Waals surface area contributed by atoms with Crippen LogP contribution in [-0.2, 0) is 17.6 Å². The summed E-state index contributed by atoms with van der Waals surface area (Å²) in [5.41, 5.74) is 1.54. The first kappa shape index (κ1) is 20.7. The van der Waals surface area contributed by atoms with Crippen molar-refractivity contribution >= 4 is 0 Å². The van der Waals surface area contributed by atoms with Gasteiger partial charge in [0.05, 0.1) is 18.8 Å². The van der Waals surface area contributed by atoms with Crippen molar-refractivity contribution in [1.29, 1.82) is 0 Å². The number of fused-ring (bicyclic) bond motifs is 2. The van der Waals surface area contributed by atoms with Crippen molar-refractivity contribution in [3.05, 3.63) is 59.7 Å². The first-order valence-electron chi connectivity index (χ1n) is 10.3. The molecule has 2 aromatic rings. The Morgan fingerprint density at radius 2 is 1.21 bits per heavy atom. The summed E-state index contributed by atoms with van der Waals surface area (Å²) >= 11 is 0. The molecule has 152 valence electrons. The summed E-state index contributed by atoms with van der Waals surface area (Å²) in [6, 6.07) is 16.2. The molecule has 2 aromatic carbocycles. The predicted octanol–water partition coefficient (Wildman–Crippen LogP) is 4.43. The molecule has 0 unspecified atom stereocenters. The quantitative estimate of drug-likeness (QED) is 0.790. The number of rotatable bonds is 1. The Morgan fingerprint density at radius 1 is 0.750 bits per heavy atom. The van der Waals surface area contributed by atoms with Crippen LogP contribution in [0.1, 0.15) is 37.8 Å². The third-order valence-corrected chi connectivity index (χ3v) is 5.64. The van der Waals surface area contributed by atoms with Crippen LogP contribution in [0.2, 0.25) is 0 Å². The summed E-state index contributed by atoms with van der Waals surface area (Å²) < 4.78 is 17.5. The van der Waals surface area contributed by atoms with Crippen LogP contribution < -0.4 is 9.47 Å². The third-order valence-electron chi connectivity index (χ3n) is 5.64. The molecule has 4 heteroatoms. The first-order valence-corrected chi connectivity index (χ1v) is 10.3. The summed E-state index contributed by atoms with van der Waals surface area (Å²) in [6.45, 7) is 6.25. The lowest BCUT2D eigenvalue weighted by molar-refractivity contribution is -0.0205. The lowest BCUT2D eigenvalue weighted by Gasteiger charge is -2.33. The molecule has 0 atom stereocenters. The third kappa shape index (κ3) is 5.49. The van der Waals surface area contributed by atoms with Crippen molar-refractivity contribution in [3.63, 3.8) is 0 Å². The van der Waals surface area contributed by atoms with E-state index in [0.717, 1.165) is 35.5 Å². The van der Waals surface area contributed by atoms with Gasteiger partial charge in [0, 0.05) is 0 Å². The van der Waals surface area contributed by atoms with E-state index in [1.165, 1.54) is 0 Å². The van der Waals surface area contributed by atoms with Gasteiger partial charge in [-0.3, -0.25) is 0 Å². The van der Waals surface area contributed by atoms with Crippen LogP contribution in [0.25, 0.3) is 0 Å². The van der Waals surface area contributed by atoms with E-state index in [1.807, 2.05) is 36.4 Å². The second-order valence-electron chi connectivity index (χ2n) is 7.78. The number of hydrogen-bond acceptors (Lipinski definition) is 4. The number of ether oxygens (including phenoxy) is 3. The second kappa shape index (κ2) is 9.94. The molecule has 4 nitrogen and oxygen atoms in total. The number of aliphatic hydroxyl groups is 1. The number of hydrogen-bond donors (Lipinski definition) is 1. The van der Waals surface area contributed by atoms with E-state index in [4.69, 9.17) is 14.2 Å². The van der Waals surface area contributed by atoms with Gasteiger partial charge in [0.15, 0.2) is 0 Å². The summed E-state index contributed by atoms with van der Waals surface area (Å²) in [5, 5.41) is 11.4. The average molecular weight is 385 g/mol. The van der Waals surface area contributed by atoms with Gasteiger partial charge in [0.2, 0.25) is 0 Å². The molecule has 0 aromatic heterocycles. The van der Waals surface area contributed by atoms with Crippen molar-refractivity contribution in [1.82, 2.24) is 0 Å². The molecule has 0 spiro atoms. The largest absolute Gasteiger partial charge is 0.491 e. The van der Waals surface area contributed by atoms with Crippen LogP contribution in [0.3, 0.4) is 0 Å². The van der Waals surface area contributed by atoms with E-state index >= 15 is 0 Å².